The summed E-state index contributed by atoms with van der Waals surface area (Å²) < 4.78 is 2.26. The lowest BCUT2D eigenvalue weighted by Gasteiger charge is -2.12. The first-order chi connectivity index (χ1) is 12.7. The zero-order valence-corrected chi connectivity index (χ0v) is 15.1. The Morgan fingerprint density at radius 3 is 2.15 bits per heavy atom. The van der Waals surface area contributed by atoms with Crippen molar-refractivity contribution in [2.24, 2.45) is 0 Å². The van der Waals surface area contributed by atoms with E-state index in [0.29, 0.717) is 0 Å². The van der Waals surface area contributed by atoms with Crippen LogP contribution in [0.4, 0.5) is 0 Å². The molecular formula is C22H24N2O2. The van der Waals surface area contributed by atoms with Crippen molar-refractivity contribution >= 4 is 5.97 Å². The second-order valence-corrected chi connectivity index (χ2v) is 6.44. The number of aromatic nitrogens is 2. The predicted molar refractivity (Wildman–Crippen MR) is 104 cm³/mol. The summed E-state index contributed by atoms with van der Waals surface area (Å²) >= 11 is 0. The molecule has 0 spiro atoms. The minimum absolute atomic E-state index is 0.240. The number of hydrogen-bond donors (Lipinski definition) is 1. The van der Waals surface area contributed by atoms with Crippen LogP contribution in [0.5, 0.6) is 0 Å². The number of carbonyl (C=O) groups is 1. The number of aliphatic carboxylic acids is 1. The van der Waals surface area contributed by atoms with Crippen molar-refractivity contribution in [3.63, 3.8) is 0 Å². The van der Waals surface area contributed by atoms with Crippen LogP contribution in [-0.2, 0) is 11.3 Å². The molecule has 4 nitrogen and oxygen atoms in total. The summed E-state index contributed by atoms with van der Waals surface area (Å²) in [6.45, 7) is 2.88. The first-order valence-electron chi connectivity index (χ1n) is 9.06. The molecule has 0 radical (unpaired) electrons. The number of carboxylic acids is 1. The average molecular weight is 348 g/mol. The summed E-state index contributed by atoms with van der Waals surface area (Å²) in [6, 6.07) is 20.6. The molecule has 1 heterocycles. The highest BCUT2D eigenvalue weighted by atomic mass is 16.4. The average Bonchev–Trinajstić information content (AvgIpc) is 2.99. The third kappa shape index (κ3) is 4.20. The number of unbranched alkanes of at least 4 members (excludes halogenated alkanes) is 2. The lowest BCUT2D eigenvalue weighted by molar-refractivity contribution is -0.137. The summed E-state index contributed by atoms with van der Waals surface area (Å²) in [5.74, 6) is 0.265. The van der Waals surface area contributed by atoms with Crippen molar-refractivity contribution in [1.29, 1.82) is 0 Å². The van der Waals surface area contributed by atoms with Gasteiger partial charge in [0.15, 0.2) is 0 Å². The molecule has 4 heteroatoms. The molecule has 134 valence electrons. The normalized spacial score (nSPS) is 10.8. The van der Waals surface area contributed by atoms with Gasteiger partial charge in [-0.2, -0.15) is 0 Å². The van der Waals surface area contributed by atoms with Gasteiger partial charge in [0.05, 0.1) is 11.4 Å². The maximum absolute atomic E-state index is 10.7. The largest absolute Gasteiger partial charge is 0.481 e. The maximum atomic E-state index is 10.7. The Kier molecular flexibility index (Phi) is 5.84. The van der Waals surface area contributed by atoms with E-state index in [1.165, 1.54) is 0 Å². The third-order valence-corrected chi connectivity index (χ3v) is 4.53. The monoisotopic (exact) mass is 348 g/mol. The fourth-order valence-corrected chi connectivity index (χ4v) is 3.25. The van der Waals surface area contributed by atoms with Crippen molar-refractivity contribution in [1.82, 2.24) is 9.55 Å². The molecule has 0 amide bonds. The van der Waals surface area contributed by atoms with Crippen LogP contribution in [0.15, 0.2) is 60.7 Å². The third-order valence-electron chi connectivity index (χ3n) is 4.53. The molecule has 1 aromatic heterocycles. The van der Waals surface area contributed by atoms with Crippen LogP contribution < -0.4 is 0 Å². The summed E-state index contributed by atoms with van der Waals surface area (Å²) in [7, 11) is 0. The Hall–Kier alpha value is -2.88. The molecule has 2 aromatic carbocycles. The van der Waals surface area contributed by atoms with Gasteiger partial charge in [-0.25, -0.2) is 4.98 Å². The first kappa shape index (κ1) is 17.9. The Bertz CT molecular complexity index is 855. The highest BCUT2D eigenvalue weighted by molar-refractivity contribution is 5.79. The predicted octanol–water partition coefficient (Wildman–Crippen LogP) is 5.17. The highest BCUT2D eigenvalue weighted by Crippen LogP contribution is 2.33. The summed E-state index contributed by atoms with van der Waals surface area (Å²) in [6.07, 6.45) is 2.80. The molecule has 0 bridgehead atoms. The second kappa shape index (κ2) is 8.48. The Labute approximate surface area is 154 Å². The molecule has 0 aliphatic heterocycles. The zero-order valence-electron chi connectivity index (χ0n) is 15.1. The molecule has 1 N–H and O–H groups in total. The number of aryl methyl sites for hydroxylation is 1. The molecule has 3 rings (SSSR count). The van der Waals surface area contributed by atoms with Crippen molar-refractivity contribution in [2.75, 3.05) is 0 Å². The number of benzene rings is 2. The number of nitrogens with zero attached hydrogens (tertiary/aromatic N) is 2. The van der Waals surface area contributed by atoms with Gasteiger partial charge in [0.1, 0.15) is 5.82 Å². The Morgan fingerprint density at radius 2 is 1.54 bits per heavy atom. The minimum Gasteiger partial charge on any atom is -0.481 e. The highest BCUT2D eigenvalue weighted by Gasteiger charge is 2.17. The van der Waals surface area contributed by atoms with E-state index < -0.39 is 5.97 Å². The molecule has 3 aromatic rings. The van der Waals surface area contributed by atoms with Gasteiger partial charge >= 0.3 is 5.97 Å². The fraction of sp³-hybridized carbons (Fsp3) is 0.273. The molecule has 0 aliphatic carbocycles. The van der Waals surface area contributed by atoms with Crippen molar-refractivity contribution in [3.05, 3.63) is 66.5 Å². The molecule has 0 aliphatic rings. The van der Waals surface area contributed by atoms with Crippen LogP contribution in [0.3, 0.4) is 0 Å². The number of carboxylic acid groups (broad SMARTS) is 1. The SMILES string of the molecule is Cc1nc(-c2ccccc2)c(-c2ccccc2)n1CCCCCC(=O)O. The van der Waals surface area contributed by atoms with Gasteiger partial charge in [-0.3, -0.25) is 4.79 Å². The van der Waals surface area contributed by atoms with Crippen LogP contribution in [0, 0.1) is 6.92 Å². The summed E-state index contributed by atoms with van der Waals surface area (Å²) in [4.78, 5) is 15.5. The van der Waals surface area contributed by atoms with Crippen LogP contribution in [0.25, 0.3) is 22.5 Å². The number of rotatable bonds is 8. The topological polar surface area (TPSA) is 55.1 Å². The first-order valence-corrected chi connectivity index (χ1v) is 9.06. The van der Waals surface area contributed by atoms with E-state index in [4.69, 9.17) is 10.1 Å². The van der Waals surface area contributed by atoms with E-state index in [9.17, 15) is 4.79 Å². The number of hydrogen-bond acceptors (Lipinski definition) is 2. The van der Waals surface area contributed by atoms with Gasteiger partial charge in [-0.1, -0.05) is 67.1 Å². The smallest absolute Gasteiger partial charge is 0.303 e. The van der Waals surface area contributed by atoms with E-state index in [0.717, 1.165) is 54.1 Å². The van der Waals surface area contributed by atoms with Gasteiger partial charge in [-0.15, -0.1) is 0 Å². The lowest BCUT2D eigenvalue weighted by Crippen LogP contribution is -2.03. The molecule has 0 atom stereocenters. The van der Waals surface area contributed by atoms with Crippen molar-refractivity contribution in [2.45, 2.75) is 39.2 Å². The van der Waals surface area contributed by atoms with Gasteiger partial charge in [0.25, 0.3) is 0 Å². The van der Waals surface area contributed by atoms with Crippen LogP contribution >= 0.6 is 0 Å². The minimum atomic E-state index is -0.722. The van der Waals surface area contributed by atoms with Gasteiger partial charge in [0, 0.05) is 24.1 Å². The molecule has 26 heavy (non-hydrogen) atoms. The standard InChI is InChI=1S/C22H24N2O2/c1-17-23-21(18-11-5-2-6-12-18)22(19-13-7-3-8-14-19)24(17)16-10-4-9-15-20(25)26/h2-3,5-8,11-14H,4,9-10,15-16H2,1H3,(H,25,26). The molecule has 0 fully saturated rings. The Balaban J connectivity index is 1.91. The fourth-order valence-electron chi connectivity index (χ4n) is 3.25. The quantitative estimate of drug-likeness (QED) is 0.571. The molecule has 0 unspecified atom stereocenters. The second-order valence-electron chi connectivity index (χ2n) is 6.44. The van der Waals surface area contributed by atoms with Crippen LogP contribution in [0.1, 0.15) is 31.5 Å². The molecule has 0 saturated carbocycles. The zero-order chi connectivity index (χ0) is 18.4. The van der Waals surface area contributed by atoms with E-state index in [-0.39, 0.29) is 6.42 Å². The van der Waals surface area contributed by atoms with Crippen LogP contribution in [0.2, 0.25) is 0 Å². The molecule has 0 saturated heterocycles. The van der Waals surface area contributed by atoms with E-state index in [2.05, 4.69) is 28.8 Å². The maximum Gasteiger partial charge on any atom is 0.303 e. The van der Waals surface area contributed by atoms with Gasteiger partial charge in [0.2, 0.25) is 0 Å². The Morgan fingerprint density at radius 1 is 0.923 bits per heavy atom. The molecular weight excluding hydrogens is 324 g/mol. The van der Waals surface area contributed by atoms with E-state index in [1.54, 1.807) is 0 Å². The van der Waals surface area contributed by atoms with E-state index >= 15 is 0 Å². The summed E-state index contributed by atoms with van der Waals surface area (Å²) in [5.41, 5.74) is 4.39. The van der Waals surface area contributed by atoms with Crippen molar-refractivity contribution in [3.8, 4) is 22.5 Å². The van der Waals surface area contributed by atoms with Crippen LogP contribution in [-0.4, -0.2) is 20.6 Å². The van der Waals surface area contributed by atoms with Crippen molar-refractivity contribution < 1.29 is 9.90 Å². The lowest BCUT2D eigenvalue weighted by atomic mass is 10.0. The van der Waals surface area contributed by atoms with Gasteiger partial charge in [-0.05, 0) is 19.8 Å². The summed E-state index contributed by atoms with van der Waals surface area (Å²) in [5, 5.41) is 8.78. The van der Waals surface area contributed by atoms with E-state index in [1.807, 2.05) is 43.3 Å². The van der Waals surface area contributed by atoms with Gasteiger partial charge < -0.3 is 9.67 Å². The number of imidazole rings is 1.